The summed E-state index contributed by atoms with van der Waals surface area (Å²) in [5, 5.41) is 7.10. The number of hydrogen-bond donors (Lipinski definition) is 1. The van der Waals surface area contributed by atoms with Crippen LogP contribution in [0.15, 0.2) is 30.3 Å². The number of hydrogen-bond acceptors (Lipinski definition) is 2. The molecule has 2 nitrogen and oxygen atoms in total. The zero-order valence-electron chi connectivity index (χ0n) is 7.00. The first-order valence-electron chi connectivity index (χ1n) is 3.82. The second-order valence-corrected chi connectivity index (χ2v) is 2.71. The van der Waals surface area contributed by atoms with Crippen molar-refractivity contribution in [3.8, 4) is 0 Å². The molecular formula is C10H11NO. The van der Waals surface area contributed by atoms with E-state index in [0.29, 0.717) is 6.42 Å². The summed E-state index contributed by atoms with van der Waals surface area (Å²) < 4.78 is 0. The monoisotopic (exact) mass is 161 g/mol. The minimum Gasteiger partial charge on any atom is -0.302 e. The molecule has 0 bridgehead atoms. The van der Waals surface area contributed by atoms with Gasteiger partial charge in [-0.1, -0.05) is 30.3 Å². The van der Waals surface area contributed by atoms with Crippen LogP contribution < -0.4 is 0 Å². The molecule has 1 aromatic rings. The Hall–Kier alpha value is -1.44. The molecule has 12 heavy (non-hydrogen) atoms. The lowest BCUT2D eigenvalue weighted by Crippen LogP contribution is -2.11. The van der Waals surface area contributed by atoms with Crippen LogP contribution in [-0.4, -0.2) is 11.5 Å². The summed E-state index contributed by atoms with van der Waals surface area (Å²) in [5.41, 5.74) is 1.09. The van der Waals surface area contributed by atoms with Gasteiger partial charge in [-0.05, 0) is 12.5 Å². The molecule has 0 saturated carbocycles. The van der Waals surface area contributed by atoms with E-state index in [-0.39, 0.29) is 11.5 Å². The molecule has 1 aromatic carbocycles. The summed E-state index contributed by atoms with van der Waals surface area (Å²) in [4.78, 5) is 11.1. The predicted molar refractivity (Wildman–Crippen MR) is 48.6 cm³/mol. The summed E-state index contributed by atoms with van der Waals surface area (Å²) in [5.74, 6) is -0.110. The van der Waals surface area contributed by atoms with E-state index in [4.69, 9.17) is 5.41 Å². The van der Waals surface area contributed by atoms with Gasteiger partial charge in [-0.25, -0.2) is 0 Å². The Morgan fingerprint density at radius 2 is 1.92 bits per heavy atom. The Bertz CT molecular complexity index is 290. The van der Waals surface area contributed by atoms with Gasteiger partial charge in [-0.15, -0.1) is 0 Å². The zero-order chi connectivity index (χ0) is 8.97. The summed E-state index contributed by atoms with van der Waals surface area (Å²) in [6, 6.07) is 9.47. The number of ketones is 1. The first-order valence-corrected chi connectivity index (χ1v) is 3.82. The van der Waals surface area contributed by atoms with Crippen LogP contribution in [0.3, 0.4) is 0 Å². The predicted octanol–water partition coefficient (Wildman–Crippen LogP) is 1.84. The lowest BCUT2D eigenvalue weighted by Gasteiger charge is -1.97. The number of rotatable bonds is 3. The summed E-state index contributed by atoms with van der Waals surface area (Å²) in [6.45, 7) is 1.52. The van der Waals surface area contributed by atoms with E-state index in [1.165, 1.54) is 6.92 Å². The summed E-state index contributed by atoms with van der Waals surface area (Å²) in [6.07, 6.45) is 0.343. The fourth-order valence-corrected chi connectivity index (χ4v) is 0.914. The maximum absolute atomic E-state index is 11.1. The third kappa shape index (κ3) is 2.31. The van der Waals surface area contributed by atoms with E-state index in [9.17, 15) is 4.79 Å². The van der Waals surface area contributed by atoms with Crippen LogP contribution in [0.2, 0.25) is 0 Å². The molecule has 1 N–H and O–H groups in total. The normalized spacial score (nSPS) is 9.42. The molecule has 0 aliphatic carbocycles. The molecular weight excluding hydrogens is 150 g/mol. The van der Waals surface area contributed by atoms with Gasteiger partial charge in [0.2, 0.25) is 0 Å². The maximum atomic E-state index is 11.1. The van der Waals surface area contributed by atoms with Crippen molar-refractivity contribution in [1.29, 1.82) is 5.41 Å². The van der Waals surface area contributed by atoms with Crippen molar-refractivity contribution in [2.24, 2.45) is 0 Å². The molecule has 0 aliphatic rings. The molecule has 0 radical (unpaired) electrons. The fraction of sp³-hybridized carbons (Fsp3) is 0.200. The van der Waals surface area contributed by atoms with Crippen molar-refractivity contribution < 1.29 is 4.79 Å². The van der Waals surface area contributed by atoms with Gasteiger partial charge in [0.05, 0.1) is 5.71 Å². The Balaban J connectivity index is 2.65. The minimum atomic E-state index is -0.110. The Labute approximate surface area is 71.7 Å². The molecule has 0 amide bonds. The highest BCUT2D eigenvalue weighted by Gasteiger charge is 2.04. The molecule has 0 atom stereocenters. The summed E-state index contributed by atoms with van der Waals surface area (Å²) >= 11 is 0. The maximum Gasteiger partial charge on any atom is 0.180 e. The molecule has 0 fully saturated rings. The molecule has 0 heterocycles. The van der Waals surface area contributed by atoms with Gasteiger partial charge < -0.3 is 5.41 Å². The number of carbonyl (C=O) groups is 1. The van der Waals surface area contributed by atoms with Crippen LogP contribution in [0.4, 0.5) is 0 Å². The third-order valence-corrected chi connectivity index (χ3v) is 1.63. The molecule has 0 aromatic heterocycles. The van der Waals surface area contributed by atoms with E-state index >= 15 is 0 Å². The standard InChI is InChI=1S/C10H11NO/c1-8(11)10(12)7-9-5-3-2-4-6-9/h2-6,11H,7H2,1H3. The van der Waals surface area contributed by atoms with Gasteiger partial charge in [0, 0.05) is 6.42 Å². The Morgan fingerprint density at radius 3 is 2.42 bits per heavy atom. The van der Waals surface area contributed by atoms with Crippen molar-refractivity contribution >= 4 is 11.5 Å². The van der Waals surface area contributed by atoms with E-state index in [2.05, 4.69) is 0 Å². The molecule has 0 unspecified atom stereocenters. The molecule has 0 spiro atoms. The van der Waals surface area contributed by atoms with Gasteiger partial charge in [0.15, 0.2) is 5.78 Å². The van der Waals surface area contributed by atoms with Crippen LogP contribution in [0, 0.1) is 5.41 Å². The van der Waals surface area contributed by atoms with E-state index < -0.39 is 0 Å². The van der Waals surface area contributed by atoms with Crippen LogP contribution in [0.1, 0.15) is 12.5 Å². The highest BCUT2D eigenvalue weighted by Crippen LogP contribution is 2.00. The summed E-state index contributed by atoms with van der Waals surface area (Å²) in [7, 11) is 0. The van der Waals surface area contributed by atoms with Crippen molar-refractivity contribution in [2.45, 2.75) is 13.3 Å². The fourth-order valence-electron chi connectivity index (χ4n) is 0.914. The molecule has 62 valence electrons. The van der Waals surface area contributed by atoms with Gasteiger partial charge in [-0.2, -0.15) is 0 Å². The lowest BCUT2D eigenvalue weighted by molar-refractivity contribution is -0.112. The van der Waals surface area contributed by atoms with E-state index in [1.807, 2.05) is 30.3 Å². The van der Waals surface area contributed by atoms with Crippen molar-refractivity contribution in [1.82, 2.24) is 0 Å². The highest BCUT2D eigenvalue weighted by molar-refractivity contribution is 6.38. The minimum absolute atomic E-state index is 0.110. The zero-order valence-corrected chi connectivity index (χ0v) is 7.00. The van der Waals surface area contributed by atoms with Crippen LogP contribution in [0.25, 0.3) is 0 Å². The quantitative estimate of drug-likeness (QED) is 0.675. The van der Waals surface area contributed by atoms with Crippen LogP contribution >= 0.6 is 0 Å². The van der Waals surface area contributed by atoms with Gasteiger partial charge >= 0.3 is 0 Å². The number of carbonyl (C=O) groups excluding carboxylic acids is 1. The van der Waals surface area contributed by atoms with Crippen molar-refractivity contribution in [3.63, 3.8) is 0 Å². The lowest BCUT2D eigenvalue weighted by atomic mass is 10.1. The highest BCUT2D eigenvalue weighted by atomic mass is 16.1. The average molecular weight is 161 g/mol. The topological polar surface area (TPSA) is 40.9 Å². The van der Waals surface area contributed by atoms with Crippen molar-refractivity contribution in [2.75, 3.05) is 0 Å². The van der Waals surface area contributed by atoms with Crippen LogP contribution in [-0.2, 0) is 11.2 Å². The van der Waals surface area contributed by atoms with Gasteiger partial charge in [-0.3, -0.25) is 4.79 Å². The Kier molecular flexibility index (Phi) is 2.75. The number of Topliss-reactive ketones (excluding diaryl/α,β-unsaturated/α-hetero) is 1. The smallest absolute Gasteiger partial charge is 0.180 e. The molecule has 1 rings (SSSR count). The molecule has 0 aliphatic heterocycles. The first-order chi connectivity index (χ1) is 5.70. The molecule has 2 heteroatoms. The Morgan fingerprint density at radius 1 is 1.33 bits per heavy atom. The largest absolute Gasteiger partial charge is 0.302 e. The average Bonchev–Trinajstić information content (AvgIpc) is 2.06. The van der Waals surface area contributed by atoms with Gasteiger partial charge in [0.1, 0.15) is 0 Å². The SMILES string of the molecule is CC(=N)C(=O)Cc1ccccc1. The van der Waals surface area contributed by atoms with Crippen LogP contribution in [0.5, 0.6) is 0 Å². The van der Waals surface area contributed by atoms with E-state index in [0.717, 1.165) is 5.56 Å². The third-order valence-electron chi connectivity index (χ3n) is 1.63. The first kappa shape index (κ1) is 8.65. The second kappa shape index (κ2) is 3.81. The second-order valence-electron chi connectivity index (χ2n) is 2.71. The van der Waals surface area contributed by atoms with Crippen molar-refractivity contribution in [3.05, 3.63) is 35.9 Å². The van der Waals surface area contributed by atoms with E-state index in [1.54, 1.807) is 0 Å². The molecule has 0 saturated heterocycles. The van der Waals surface area contributed by atoms with Gasteiger partial charge in [0.25, 0.3) is 0 Å². The number of nitrogens with one attached hydrogen (secondary N) is 1. The number of benzene rings is 1.